The minimum absolute atomic E-state index is 0.00110. The van der Waals surface area contributed by atoms with E-state index in [1.165, 1.54) is 12.1 Å². The third kappa shape index (κ3) is 3.21. The van der Waals surface area contributed by atoms with Crippen molar-refractivity contribution in [3.05, 3.63) is 39.9 Å². The summed E-state index contributed by atoms with van der Waals surface area (Å²) >= 11 is 0. The summed E-state index contributed by atoms with van der Waals surface area (Å²) in [4.78, 5) is 20.4. The number of nitrogens with one attached hydrogen (secondary N) is 1. The Morgan fingerprint density at radius 3 is 2.44 bits per heavy atom. The van der Waals surface area contributed by atoms with Crippen molar-refractivity contribution in [3.63, 3.8) is 0 Å². The van der Waals surface area contributed by atoms with Gasteiger partial charge in [-0.15, -0.1) is 0 Å². The van der Waals surface area contributed by atoms with Crippen LogP contribution in [-0.4, -0.2) is 17.5 Å². The Morgan fingerprint density at radius 1 is 1.44 bits per heavy atom. The monoisotopic (exact) mass is 224 g/mol. The van der Waals surface area contributed by atoms with Crippen molar-refractivity contribution in [2.75, 3.05) is 6.54 Å². The number of rotatable bonds is 4. The zero-order valence-electron chi connectivity index (χ0n) is 8.42. The van der Waals surface area contributed by atoms with Gasteiger partial charge < -0.3 is 16.8 Å². The molecule has 1 rings (SSSR count). The molecule has 7 nitrogen and oxygen atoms in total. The number of benzene rings is 1. The molecule has 0 aromatic heterocycles. The molecule has 0 saturated heterocycles. The fraction of sp³-hybridized carbons (Fsp3) is 0.222. The largest absolute Gasteiger partial charge is 0.352 e. The number of nitro benzene ring substituents is 1. The molecular formula is C9H12N4O3. The summed E-state index contributed by atoms with van der Waals surface area (Å²) in [7, 11) is 0. The average molecular weight is 224 g/mol. The van der Waals surface area contributed by atoms with Gasteiger partial charge in [0.2, 0.25) is 0 Å². The second-order valence-electron chi connectivity index (χ2n) is 3.20. The van der Waals surface area contributed by atoms with Crippen LogP contribution in [0.4, 0.5) is 10.5 Å². The van der Waals surface area contributed by atoms with Crippen LogP contribution in [0.2, 0.25) is 0 Å². The molecule has 0 aliphatic heterocycles. The number of nitrogens with two attached hydrogens (primary N) is 2. The number of amides is 2. The summed E-state index contributed by atoms with van der Waals surface area (Å²) in [6, 6.07) is 4.72. The van der Waals surface area contributed by atoms with Crippen molar-refractivity contribution in [3.8, 4) is 0 Å². The lowest BCUT2D eigenvalue weighted by molar-refractivity contribution is -0.384. The van der Waals surface area contributed by atoms with Crippen molar-refractivity contribution in [2.24, 2.45) is 11.5 Å². The number of hydrogen-bond acceptors (Lipinski definition) is 4. The van der Waals surface area contributed by atoms with Gasteiger partial charge in [0.05, 0.1) is 4.92 Å². The van der Waals surface area contributed by atoms with Crippen LogP contribution in [0.1, 0.15) is 11.6 Å². The molecule has 7 heteroatoms. The second kappa shape index (κ2) is 5.08. The first-order valence-electron chi connectivity index (χ1n) is 4.54. The number of carbonyl (C=O) groups excluding carboxylic acids is 1. The quantitative estimate of drug-likeness (QED) is 0.501. The number of carbonyl (C=O) groups is 1. The highest BCUT2D eigenvalue weighted by atomic mass is 16.6. The molecule has 1 aromatic rings. The summed E-state index contributed by atoms with van der Waals surface area (Å²) in [5.74, 6) is 0. The average Bonchev–Trinajstić information content (AvgIpc) is 2.26. The third-order valence-electron chi connectivity index (χ3n) is 2.03. The molecule has 5 N–H and O–H groups in total. The summed E-state index contributed by atoms with van der Waals surface area (Å²) < 4.78 is 0. The molecule has 0 bridgehead atoms. The van der Waals surface area contributed by atoms with Gasteiger partial charge in [-0.3, -0.25) is 10.1 Å². The van der Waals surface area contributed by atoms with Crippen LogP contribution >= 0.6 is 0 Å². The molecule has 2 amide bonds. The van der Waals surface area contributed by atoms with Gasteiger partial charge in [-0.1, -0.05) is 12.1 Å². The van der Waals surface area contributed by atoms with Crippen molar-refractivity contribution < 1.29 is 9.72 Å². The highest BCUT2D eigenvalue weighted by Gasteiger charge is 2.09. The SMILES string of the molecule is NC(=O)NCC(N)c1ccc([N+](=O)[O-])cc1. The maximum absolute atomic E-state index is 10.4. The molecule has 16 heavy (non-hydrogen) atoms. The fourth-order valence-electron chi connectivity index (χ4n) is 1.17. The molecule has 1 unspecified atom stereocenters. The van der Waals surface area contributed by atoms with E-state index < -0.39 is 17.0 Å². The number of nitrogens with zero attached hydrogens (tertiary/aromatic N) is 1. The van der Waals surface area contributed by atoms with E-state index in [0.717, 1.165) is 0 Å². The molecule has 1 atom stereocenters. The number of non-ortho nitro benzene ring substituents is 1. The smallest absolute Gasteiger partial charge is 0.312 e. The molecular weight excluding hydrogens is 212 g/mol. The van der Waals surface area contributed by atoms with Crippen LogP contribution < -0.4 is 16.8 Å². The topological polar surface area (TPSA) is 124 Å². The van der Waals surface area contributed by atoms with E-state index in [4.69, 9.17) is 11.5 Å². The Hall–Kier alpha value is -2.15. The van der Waals surface area contributed by atoms with E-state index in [0.29, 0.717) is 5.56 Å². The molecule has 0 spiro atoms. The van der Waals surface area contributed by atoms with Gasteiger partial charge in [0.1, 0.15) is 0 Å². The predicted octanol–water partition coefficient (Wildman–Crippen LogP) is 0.263. The Balaban J connectivity index is 2.66. The normalized spacial score (nSPS) is 11.8. The first kappa shape index (κ1) is 11.9. The number of primary amides is 1. The van der Waals surface area contributed by atoms with E-state index in [1.807, 2.05) is 0 Å². The van der Waals surface area contributed by atoms with Gasteiger partial charge in [-0.2, -0.15) is 0 Å². The molecule has 1 aromatic carbocycles. The Labute approximate surface area is 91.6 Å². The summed E-state index contributed by atoms with van der Waals surface area (Å²) in [5, 5.41) is 12.8. The second-order valence-corrected chi connectivity index (χ2v) is 3.20. The summed E-state index contributed by atoms with van der Waals surface area (Å²) in [5.41, 5.74) is 11.3. The van der Waals surface area contributed by atoms with Crippen LogP contribution in [0.3, 0.4) is 0 Å². The van der Waals surface area contributed by atoms with Crippen molar-refractivity contribution >= 4 is 11.7 Å². The molecule has 0 fully saturated rings. The molecule has 0 heterocycles. The van der Waals surface area contributed by atoms with Crippen molar-refractivity contribution in [1.29, 1.82) is 0 Å². The predicted molar refractivity (Wildman–Crippen MR) is 57.6 cm³/mol. The zero-order valence-corrected chi connectivity index (χ0v) is 8.42. The first-order chi connectivity index (χ1) is 7.50. The van der Waals surface area contributed by atoms with E-state index in [-0.39, 0.29) is 12.2 Å². The van der Waals surface area contributed by atoms with E-state index in [2.05, 4.69) is 5.32 Å². The molecule has 86 valence electrons. The van der Waals surface area contributed by atoms with Crippen LogP contribution in [0.25, 0.3) is 0 Å². The van der Waals surface area contributed by atoms with Crippen molar-refractivity contribution in [1.82, 2.24) is 5.32 Å². The third-order valence-corrected chi connectivity index (χ3v) is 2.03. The Morgan fingerprint density at radius 2 is 2.00 bits per heavy atom. The minimum atomic E-state index is -0.655. The van der Waals surface area contributed by atoms with Gasteiger partial charge in [0, 0.05) is 24.7 Å². The number of urea groups is 1. The Kier molecular flexibility index (Phi) is 3.78. The lowest BCUT2D eigenvalue weighted by atomic mass is 10.1. The fourth-order valence-corrected chi connectivity index (χ4v) is 1.17. The van der Waals surface area contributed by atoms with Crippen LogP contribution in [0.15, 0.2) is 24.3 Å². The van der Waals surface area contributed by atoms with Gasteiger partial charge >= 0.3 is 6.03 Å². The molecule has 0 aliphatic rings. The minimum Gasteiger partial charge on any atom is -0.352 e. The highest BCUT2D eigenvalue weighted by Crippen LogP contribution is 2.15. The lowest BCUT2D eigenvalue weighted by Crippen LogP contribution is -2.35. The van der Waals surface area contributed by atoms with Gasteiger partial charge in [-0.25, -0.2) is 4.79 Å². The highest BCUT2D eigenvalue weighted by molar-refractivity contribution is 5.71. The van der Waals surface area contributed by atoms with E-state index >= 15 is 0 Å². The van der Waals surface area contributed by atoms with Crippen molar-refractivity contribution in [2.45, 2.75) is 6.04 Å². The van der Waals surface area contributed by atoms with Gasteiger partial charge in [0.25, 0.3) is 5.69 Å². The molecule has 0 aliphatic carbocycles. The summed E-state index contributed by atoms with van der Waals surface area (Å²) in [6.45, 7) is 0.188. The van der Waals surface area contributed by atoms with Gasteiger partial charge in [0.15, 0.2) is 0 Å². The standard InChI is InChI=1S/C9H12N4O3/c10-8(5-12-9(11)14)6-1-3-7(4-2-6)13(15)16/h1-4,8H,5,10H2,(H3,11,12,14). The molecule has 0 radical (unpaired) electrons. The number of hydrogen-bond donors (Lipinski definition) is 3. The van der Waals surface area contributed by atoms with Crippen LogP contribution in [-0.2, 0) is 0 Å². The maximum Gasteiger partial charge on any atom is 0.312 e. The van der Waals surface area contributed by atoms with Gasteiger partial charge in [-0.05, 0) is 5.56 Å². The molecule has 0 saturated carbocycles. The van der Waals surface area contributed by atoms with E-state index in [9.17, 15) is 14.9 Å². The van der Waals surface area contributed by atoms with E-state index in [1.54, 1.807) is 12.1 Å². The summed E-state index contributed by atoms with van der Waals surface area (Å²) in [6.07, 6.45) is 0. The first-order valence-corrected chi connectivity index (χ1v) is 4.54. The lowest BCUT2D eigenvalue weighted by Gasteiger charge is -2.11. The van der Waals surface area contributed by atoms with Crippen LogP contribution in [0.5, 0.6) is 0 Å². The Bertz CT molecular complexity index is 390. The van der Waals surface area contributed by atoms with Crippen LogP contribution in [0, 0.1) is 10.1 Å². The number of nitro groups is 1. The zero-order chi connectivity index (χ0) is 12.1. The maximum atomic E-state index is 10.4.